The third-order valence-corrected chi connectivity index (χ3v) is 6.09. The number of methoxy groups -OCH3 is 2. The van der Waals surface area contributed by atoms with E-state index in [1.165, 1.54) is 14.2 Å². The molecule has 2 aromatic carbocycles. The Balaban J connectivity index is 2.22. The van der Waals surface area contributed by atoms with Crippen LogP contribution >= 0.6 is 11.6 Å². The van der Waals surface area contributed by atoms with E-state index in [2.05, 4.69) is 0 Å². The highest BCUT2D eigenvalue weighted by Gasteiger charge is 2.39. The number of hydrogen-bond acceptors (Lipinski definition) is 5. The SMILES string of the molecule is CCOC(=O)N1c2cc(C)c(C)cc2N(C(=O)c2c(OC)ccc(Cl)c2OC)CC1CC. The van der Waals surface area contributed by atoms with E-state index in [-0.39, 0.29) is 29.9 Å². The molecule has 2 aromatic rings. The molecule has 0 spiro atoms. The number of halogens is 1. The van der Waals surface area contributed by atoms with Crippen molar-refractivity contribution < 1.29 is 23.8 Å². The quantitative estimate of drug-likeness (QED) is 0.599. The summed E-state index contributed by atoms with van der Waals surface area (Å²) in [6, 6.07) is 6.86. The predicted octanol–water partition coefficient (Wildman–Crippen LogP) is 5.38. The molecular formula is C24H29ClN2O5. The van der Waals surface area contributed by atoms with Crippen LogP contribution in [-0.4, -0.2) is 45.4 Å². The van der Waals surface area contributed by atoms with Gasteiger partial charge in [0.25, 0.3) is 5.91 Å². The summed E-state index contributed by atoms with van der Waals surface area (Å²) in [4.78, 5) is 30.1. The third kappa shape index (κ3) is 4.09. The summed E-state index contributed by atoms with van der Waals surface area (Å²) >= 11 is 6.32. The number of ether oxygens (including phenoxy) is 3. The van der Waals surface area contributed by atoms with Crippen molar-refractivity contribution in [2.24, 2.45) is 0 Å². The van der Waals surface area contributed by atoms with Crippen molar-refractivity contribution in [2.75, 3.05) is 37.2 Å². The molecule has 1 aliphatic rings. The maximum atomic E-state index is 13.9. The van der Waals surface area contributed by atoms with Gasteiger partial charge < -0.3 is 19.1 Å². The van der Waals surface area contributed by atoms with Crippen LogP contribution in [0.2, 0.25) is 5.02 Å². The smallest absolute Gasteiger partial charge is 0.414 e. The minimum Gasteiger partial charge on any atom is -0.496 e. The second-order valence-electron chi connectivity index (χ2n) is 7.63. The van der Waals surface area contributed by atoms with Crippen molar-refractivity contribution in [3.05, 3.63) is 46.0 Å². The van der Waals surface area contributed by atoms with Crippen molar-refractivity contribution in [1.29, 1.82) is 0 Å². The Labute approximate surface area is 193 Å². The van der Waals surface area contributed by atoms with Gasteiger partial charge in [-0.25, -0.2) is 4.79 Å². The lowest BCUT2D eigenvalue weighted by molar-refractivity contribution is 0.0975. The average Bonchev–Trinajstić information content (AvgIpc) is 2.78. The van der Waals surface area contributed by atoms with Gasteiger partial charge >= 0.3 is 6.09 Å². The summed E-state index contributed by atoms with van der Waals surface area (Å²) in [6.07, 6.45) is 0.215. The predicted molar refractivity (Wildman–Crippen MR) is 126 cm³/mol. The molecule has 0 aromatic heterocycles. The Morgan fingerprint density at radius 2 is 1.72 bits per heavy atom. The summed E-state index contributed by atoms with van der Waals surface area (Å²) in [5.74, 6) is 0.303. The van der Waals surface area contributed by atoms with Crippen LogP contribution in [0.25, 0.3) is 0 Å². The van der Waals surface area contributed by atoms with Gasteiger partial charge in [0.15, 0.2) is 5.75 Å². The second-order valence-corrected chi connectivity index (χ2v) is 8.04. The Morgan fingerprint density at radius 3 is 2.28 bits per heavy atom. The number of benzene rings is 2. The van der Waals surface area contributed by atoms with Crippen LogP contribution in [0.4, 0.5) is 16.2 Å². The van der Waals surface area contributed by atoms with Gasteiger partial charge in [-0.2, -0.15) is 0 Å². The molecule has 0 bridgehead atoms. The molecule has 0 saturated heterocycles. The van der Waals surface area contributed by atoms with Crippen LogP contribution in [0.15, 0.2) is 24.3 Å². The number of nitrogens with zero attached hydrogens (tertiary/aromatic N) is 2. The highest BCUT2D eigenvalue weighted by Crippen LogP contribution is 2.42. The van der Waals surface area contributed by atoms with Crippen molar-refractivity contribution in [1.82, 2.24) is 0 Å². The number of hydrogen-bond donors (Lipinski definition) is 0. The van der Waals surface area contributed by atoms with Gasteiger partial charge in [0.2, 0.25) is 0 Å². The van der Waals surface area contributed by atoms with E-state index < -0.39 is 6.09 Å². The maximum Gasteiger partial charge on any atom is 0.414 e. The van der Waals surface area contributed by atoms with Gasteiger partial charge in [0.1, 0.15) is 11.3 Å². The van der Waals surface area contributed by atoms with Gasteiger partial charge in [-0.1, -0.05) is 18.5 Å². The molecule has 32 heavy (non-hydrogen) atoms. The number of rotatable bonds is 5. The standard InChI is InChI=1S/C24H29ClN2O5/c1-7-16-13-26(23(28)21-20(30-5)10-9-17(25)22(21)31-6)18-11-14(3)15(4)12-19(18)27(16)24(29)32-8-2/h9-12,16H,7-8,13H2,1-6H3. The summed E-state index contributed by atoms with van der Waals surface area (Å²) < 4.78 is 16.3. The number of anilines is 2. The first-order valence-corrected chi connectivity index (χ1v) is 11.0. The van der Waals surface area contributed by atoms with E-state index in [0.717, 1.165) is 11.1 Å². The van der Waals surface area contributed by atoms with E-state index in [9.17, 15) is 9.59 Å². The van der Waals surface area contributed by atoms with Crippen LogP contribution in [-0.2, 0) is 4.74 Å². The van der Waals surface area contributed by atoms with Crippen molar-refractivity contribution in [3.8, 4) is 11.5 Å². The molecule has 1 unspecified atom stereocenters. The zero-order chi connectivity index (χ0) is 23.6. The first kappa shape index (κ1) is 23.7. The van der Waals surface area contributed by atoms with Crippen LogP contribution in [0.1, 0.15) is 41.8 Å². The molecule has 0 saturated carbocycles. The van der Waals surface area contributed by atoms with Gasteiger partial charge in [0, 0.05) is 6.54 Å². The Hall–Kier alpha value is -2.93. The summed E-state index contributed by atoms with van der Waals surface area (Å²) in [7, 11) is 2.96. The van der Waals surface area contributed by atoms with Crippen LogP contribution in [0, 0.1) is 13.8 Å². The topological polar surface area (TPSA) is 68.3 Å². The number of aryl methyl sites for hydroxylation is 2. The van der Waals surface area contributed by atoms with Crippen molar-refractivity contribution >= 4 is 35.0 Å². The first-order valence-electron chi connectivity index (χ1n) is 10.6. The monoisotopic (exact) mass is 460 g/mol. The van der Waals surface area contributed by atoms with Gasteiger partial charge in [0.05, 0.1) is 43.3 Å². The van der Waals surface area contributed by atoms with Crippen LogP contribution in [0.5, 0.6) is 11.5 Å². The fourth-order valence-electron chi connectivity index (χ4n) is 3.97. The number of fused-ring (bicyclic) bond motifs is 1. The summed E-state index contributed by atoms with van der Waals surface area (Å²) in [6.45, 7) is 8.26. The Kier molecular flexibility index (Phi) is 7.19. The van der Waals surface area contributed by atoms with E-state index in [1.54, 1.807) is 28.9 Å². The first-order chi connectivity index (χ1) is 15.3. The number of amides is 2. The minimum atomic E-state index is -0.422. The van der Waals surface area contributed by atoms with Crippen LogP contribution < -0.4 is 19.3 Å². The molecule has 8 heteroatoms. The lowest BCUT2D eigenvalue weighted by atomic mass is 9.99. The molecule has 7 nitrogen and oxygen atoms in total. The molecule has 1 aliphatic heterocycles. The molecule has 2 amide bonds. The molecular weight excluding hydrogens is 432 g/mol. The fourth-order valence-corrected chi connectivity index (χ4v) is 4.21. The van der Waals surface area contributed by atoms with E-state index in [4.69, 9.17) is 25.8 Å². The van der Waals surface area contributed by atoms with Crippen LogP contribution in [0.3, 0.4) is 0 Å². The molecule has 0 aliphatic carbocycles. The molecule has 172 valence electrons. The van der Waals surface area contributed by atoms with Crippen molar-refractivity contribution in [3.63, 3.8) is 0 Å². The summed E-state index contributed by atoms with van der Waals surface area (Å²) in [5, 5.41) is 0.314. The van der Waals surface area contributed by atoms with E-state index in [1.807, 2.05) is 32.9 Å². The zero-order valence-electron chi connectivity index (χ0n) is 19.3. The molecule has 0 fully saturated rings. The lowest BCUT2D eigenvalue weighted by Gasteiger charge is -2.42. The molecule has 0 radical (unpaired) electrons. The zero-order valence-corrected chi connectivity index (χ0v) is 20.1. The number of carbonyl (C=O) groups excluding carboxylic acids is 2. The minimum absolute atomic E-state index is 0.242. The Bertz CT molecular complexity index is 1040. The van der Waals surface area contributed by atoms with Crippen molar-refractivity contribution in [2.45, 2.75) is 40.2 Å². The van der Waals surface area contributed by atoms with Gasteiger partial charge in [-0.3, -0.25) is 9.69 Å². The molecule has 1 heterocycles. The average molecular weight is 461 g/mol. The molecule has 3 rings (SSSR count). The van der Waals surface area contributed by atoms with E-state index in [0.29, 0.717) is 35.1 Å². The maximum absolute atomic E-state index is 13.9. The molecule has 1 atom stereocenters. The second kappa shape index (κ2) is 9.69. The number of carbonyl (C=O) groups is 2. The van der Waals surface area contributed by atoms with E-state index >= 15 is 0 Å². The summed E-state index contributed by atoms with van der Waals surface area (Å²) in [5.41, 5.74) is 3.52. The van der Waals surface area contributed by atoms with Gasteiger partial charge in [-0.15, -0.1) is 0 Å². The largest absolute Gasteiger partial charge is 0.496 e. The fraction of sp³-hybridized carbons (Fsp3) is 0.417. The highest BCUT2D eigenvalue weighted by atomic mass is 35.5. The Morgan fingerprint density at radius 1 is 1.06 bits per heavy atom. The molecule has 0 N–H and O–H groups in total. The van der Waals surface area contributed by atoms with Gasteiger partial charge in [-0.05, 0) is 62.6 Å². The lowest BCUT2D eigenvalue weighted by Crippen LogP contribution is -2.53. The normalized spacial score (nSPS) is 15.3. The highest BCUT2D eigenvalue weighted by molar-refractivity contribution is 6.33. The third-order valence-electron chi connectivity index (χ3n) is 5.79.